The standard InChI is InChI=1S/C17H16BrF3/c1-11-3-4-12(2)14(9-11)10-16(18)13-5-7-15(8-6-13)17(19,20)21/h3-9,16H,10H2,1-2H3. The third-order valence-electron chi connectivity index (χ3n) is 3.50. The largest absolute Gasteiger partial charge is 0.416 e. The van der Waals surface area contributed by atoms with Crippen LogP contribution in [0, 0.1) is 13.8 Å². The predicted molar refractivity (Wildman–Crippen MR) is 82.7 cm³/mol. The molecule has 4 heteroatoms. The topological polar surface area (TPSA) is 0 Å². The molecule has 112 valence electrons. The summed E-state index contributed by atoms with van der Waals surface area (Å²) in [5.74, 6) is 0. The van der Waals surface area contributed by atoms with E-state index in [4.69, 9.17) is 0 Å². The first kappa shape index (κ1) is 16.1. The zero-order valence-corrected chi connectivity index (χ0v) is 13.4. The number of alkyl halides is 4. The third-order valence-corrected chi connectivity index (χ3v) is 4.36. The number of rotatable bonds is 3. The Bertz CT molecular complexity index is 615. The summed E-state index contributed by atoms with van der Waals surface area (Å²) in [6.45, 7) is 4.07. The van der Waals surface area contributed by atoms with Crippen molar-refractivity contribution < 1.29 is 13.2 Å². The van der Waals surface area contributed by atoms with Crippen molar-refractivity contribution in [3.8, 4) is 0 Å². The Balaban J connectivity index is 2.17. The third kappa shape index (κ3) is 4.10. The molecule has 0 amide bonds. The highest BCUT2D eigenvalue weighted by molar-refractivity contribution is 9.09. The molecule has 0 saturated heterocycles. The van der Waals surface area contributed by atoms with Crippen molar-refractivity contribution in [1.82, 2.24) is 0 Å². The van der Waals surface area contributed by atoms with Crippen molar-refractivity contribution >= 4 is 15.9 Å². The van der Waals surface area contributed by atoms with Gasteiger partial charge in [-0.1, -0.05) is 51.8 Å². The molecule has 0 N–H and O–H groups in total. The maximum atomic E-state index is 12.6. The average Bonchev–Trinajstić information content (AvgIpc) is 2.42. The van der Waals surface area contributed by atoms with Gasteiger partial charge in [0.25, 0.3) is 0 Å². The van der Waals surface area contributed by atoms with Crippen LogP contribution >= 0.6 is 15.9 Å². The molecular formula is C17H16BrF3. The lowest BCUT2D eigenvalue weighted by molar-refractivity contribution is -0.137. The molecule has 0 aromatic heterocycles. The molecule has 2 aromatic rings. The summed E-state index contributed by atoms with van der Waals surface area (Å²) in [6.07, 6.45) is -3.54. The summed E-state index contributed by atoms with van der Waals surface area (Å²) < 4.78 is 37.7. The highest BCUT2D eigenvalue weighted by Crippen LogP contribution is 2.33. The van der Waals surface area contributed by atoms with Crippen LogP contribution in [-0.4, -0.2) is 0 Å². The van der Waals surface area contributed by atoms with Crippen molar-refractivity contribution in [2.45, 2.75) is 31.3 Å². The molecule has 0 aliphatic carbocycles. The first-order valence-electron chi connectivity index (χ1n) is 6.65. The summed E-state index contributed by atoms with van der Waals surface area (Å²) in [6, 6.07) is 11.6. The fourth-order valence-corrected chi connectivity index (χ4v) is 2.87. The molecule has 0 bridgehead atoms. The molecule has 0 radical (unpaired) electrons. The van der Waals surface area contributed by atoms with E-state index < -0.39 is 11.7 Å². The first-order chi connectivity index (χ1) is 9.77. The first-order valence-corrected chi connectivity index (χ1v) is 7.56. The molecule has 0 aliphatic heterocycles. The number of benzene rings is 2. The predicted octanol–water partition coefficient (Wildman–Crippen LogP) is 6.00. The van der Waals surface area contributed by atoms with Gasteiger partial charge in [-0.3, -0.25) is 0 Å². The van der Waals surface area contributed by atoms with Gasteiger partial charge in [0.1, 0.15) is 0 Å². The maximum Gasteiger partial charge on any atom is 0.416 e. The molecule has 0 nitrogen and oxygen atoms in total. The van der Waals surface area contributed by atoms with Gasteiger partial charge < -0.3 is 0 Å². The molecule has 0 spiro atoms. The summed E-state index contributed by atoms with van der Waals surface area (Å²) in [5, 5.41) is 0. The van der Waals surface area contributed by atoms with E-state index in [-0.39, 0.29) is 4.83 Å². The van der Waals surface area contributed by atoms with Crippen LogP contribution in [0.2, 0.25) is 0 Å². The van der Waals surface area contributed by atoms with E-state index in [2.05, 4.69) is 34.1 Å². The molecule has 0 aliphatic rings. The monoisotopic (exact) mass is 356 g/mol. The second-order valence-corrected chi connectivity index (χ2v) is 6.33. The highest BCUT2D eigenvalue weighted by Gasteiger charge is 2.30. The Morgan fingerprint density at radius 2 is 1.62 bits per heavy atom. The molecule has 0 heterocycles. The van der Waals surface area contributed by atoms with Gasteiger partial charge >= 0.3 is 6.18 Å². The molecular weight excluding hydrogens is 341 g/mol. The number of halogens is 4. The van der Waals surface area contributed by atoms with Crippen molar-refractivity contribution in [3.05, 3.63) is 70.3 Å². The molecule has 21 heavy (non-hydrogen) atoms. The van der Waals surface area contributed by atoms with Gasteiger partial charge in [0.05, 0.1) is 5.56 Å². The summed E-state index contributed by atoms with van der Waals surface area (Å²) in [5.41, 5.74) is 3.82. The number of aryl methyl sites for hydroxylation is 2. The fraction of sp³-hybridized carbons (Fsp3) is 0.294. The normalized spacial score (nSPS) is 13.2. The number of hydrogen-bond donors (Lipinski definition) is 0. The summed E-state index contributed by atoms with van der Waals surface area (Å²) in [4.78, 5) is 0.000263. The van der Waals surface area contributed by atoms with E-state index in [1.54, 1.807) is 0 Å². The average molecular weight is 357 g/mol. The molecule has 2 rings (SSSR count). The van der Waals surface area contributed by atoms with Crippen LogP contribution < -0.4 is 0 Å². The van der Waals surface area contributed by atoms with Gasteiger partial charge in [-0.05, 0) is 49.1 Å². The molecule has 1 unspecified atom stereocenters. The van der Waals surface area contributed by atoms with Crippen LogP contribution in [0.25, 0.3) is 0 Å². The highest BCUT2D eigenvalue weighted by atomic mass is 79.9. The van der Waals surface area contributed by atoms with Gasteiger partial charge in [-0.15, -0.1) is 0 Å². The van der Waals surface area contributed by atoms with E-state index in [9.17, 15) is 13.2 Å². The van der Waals surface area contributed by atoms with Crippen LogP contribution in [0.4, 0.5) is 13.2 Å². The van der Waals surface area contributed by atoms with Crippen LogP contribution in [0.1, 0.15) is 32.6 Å². The lowest BCUT2D eigenvalue weighted by Crippen LogP contribution is -2.05. The van der Waals surface area contributed by atoms with Gasteiger partial charge in [-0.2, -0.15) is 13.2 Å². The molecule has 0 fully saturated rings. The maximum absolute atomic E-state index is 12.6. The van der Waals surface area contributed by atoms with E-state index >= 15 is 0 Å². The zero-order chi connectivity index (χ0) is 15.6. The van der Waals surface area contributed by atoms with Crippen molar-refractivity contribution in [2.75, 3.05) is 0 Å². The fourth-order valence-electron chi connectivity index (χ4n) is 2.21. The quantitative estimate of drug-likeness (QED) is 0.591. The van der Waals surface area contributed by atoms with Gasteiger partial charge in [0.2, 0.25) is 0 Å². The Kier molecular flexibility index (Phi) is 4.77. The second-order valence-electron chi connectivity index (χ2n) is 5.22. The van der Waals surface area contributed by atoms with Crippen LogP contribution in [0.5, 0.6) is 0 Å². The summed E-state index contributed by atoms with van der Waals surface area (Å²) >= 11 is 3.58. The van der Waals surface area contributed by atoms with Gasteiger partial charge in [0, 0.05) is 4.83 Å². The lowest BCUT2D eigenvalue weighted by Gasteiger charge is -2.14. The minimum absolute atomic E-state index is 0.000263. The van der Waals surface area contributed by atoms with Crippen molar-refractivity contribution in [3.63, 3.8) is 0 Å². The minimum atomic E-state index is -4.28. The summed E-state index contributed by atoms with van der Waals surface area (Å²) in [7, 11) is 0. The Morgan fingerprint density at radius 1 is 1.00 bits per heavy atom. The van der Waals surface area contributed by atoms with Gasteiger partial charge in [0.15, 0.2) is 0 Å². The number of hydrogen-bond acceptors (Lipinski definition) is 0. The van der Waals surface area contributed by atoms with E-state index in [0.29, 0.717) is 0 Å². The zero-order valence-electron chi connectivity index (χ0n) is 11.8. The smallest absolute Gasteiger partial charge is 0.166 e. The SMILES string of the molecule is Cc1ccc(C)c(CC(Br)c2ccc(C(F)(F)F)cc2)c1. The Labute approximate surface area is 131 Å². The van der Waals surface area contributed by atoms with Crippen molar-refractivity contribution in [1.29, 1.82) is 0 Å². The molecule has 2 aromatic carbocycles. The molecule has 1 atom stereocenters. The minimum Gasteiger partial charge on any atom is -0.166 e. The molecule has 0 saturated carbocycles. The lowest BCUT2D eigenvalue weighted by atomic mass is 9.98. The van der Waals surface area contributed by atoms with E-state index in [1.807, 2.05) is 13.8 Å². The van der Waals surface area contributed by atoms with Crippen LogP contribution in [-0.2, 0) is 12.6 Å². The van der Waals surface area contributed by atoms with E-state index in [0.717, 1.165) is 24.1 Å². The van der Waals surface area contributed by atoms with Crippen molar-refractivity contribution in [2.24, 2.45) is 0 Å². The van der Waals surface area contributed by atoms with Crippen LogP contribution in [0.3, 0.4) is 0 Å². The van der Waals surface area contributed by atoms with E-state index in [1.165, 1.54) is 28.8 Å². The second kappa shape index (κ2) is 6.22. The van der Waals surface area contributed by atoms with Gasteiger partial charge in [-0.25, -0.2) is 0 Å². The van der Waals surface area contributed by atoms with Crippen LogP contribution in [0.15, 0.2) is 42.5 Å². The Hall–Kier alpha value is -1.29. The Morgan fingerprint density at radius 3 is 2.19 bits per heavy atom.